The van der Waals surface area contributed by atoms with Crippen LogP contribution in [0.4, 0.5) is 0 Å². The van der Waals surface area contributed by atoms with E-state index in [2.05, 4.69) is 10.6 Å². The number of carbonyl (C=O) groups is 2. The Morgan fingerprint density at radius 1 is 1.25 bits per heavy atom. The highest BCUT2D eigenvalue weighted by molar-refractivity contribution is 5.87. The molecule has 68 valence electrons. The van der Waals surface area contributed by atoms with E-state index >= 15 is 0 Å². The van der Waals surface area contributed by atoms with E-state index < -0.39 is 0 Å². The van der Waals surface area contributed by atoms with Crippen molar-refractivity contribution in [1.29, 1.82) is 0 Å². The molecule has 12 heavy (non-hydrogen) atoms. The molecule has 0 bridgehead atoms. The Hall–Kier alpha value is -1.32. The molecule has 0 unspecified atom stereocenters. The van der Waals surface area contributed by atoms with Crippen LogP contribution in [-0.4, -0.2) is 24.9 Å². The maximum absolute atomic E-state index is 10.8. The van der Waals surface area contributed by atoms with Gasteiger partial charge in [-0.3, -0.25) is 9.59 Å². The minimum Gasteiger partial charge on any atom is -0.355 e. The highest BCUT2D eigenvalue weighted by Gasteiger charge is 1.93. The zero-order valence-electron chi connectivity index (χ0n) is 7.39. The number of hydrogen-bond acceptors (Lipinski definition) is 2. The van der Waals surface area contributed by atoms with E-state index in [0.717, 1.165) is 0 Å². The van der Waals surface area contributed by atoms with Crippen LogP contribution in [0.1, 0.15) is 13.8 Å². The van der Waals surface area contributed by atoms with Gasteiger partial charge in [-0.05, 0) is 13.0 Å². The SMILES string of the molecule is C/C=C/C(=O)NCCNC(C)=O. The Bertz CT molecular complexity index is 187. The lowest BCUT2D eigenvalue weighted by atomic mass is 10.5. The van der Waals surface area contributed by atoms with E-state index in [1.807, 2.05) is 0 Å². The van der Waals surface area contributed by atoms with Gasteiger partial charge in [0.05, 0.1) is 0 Å². The van der Waals surface area contributed by atoms with Gasteiger partial charge >= 0.3 is 0 Å². The first-order chi connectivity index (χ1) is 5.66. The summed E-state index contributed by atoms with van der Waals surface area (Å²) in [6.07, 6.45) is 3.10. The third kappa shape index (κ3) is 6.80. The number of rotatable bonds is 4. The van der Waals surface area contributed by atoms with Crippen molar-refractivity contribution >= 4 is 11.8 Å². The quantitative estimate of drug-likeness (QED) is 0.454. The van der Waals surface area contributed by atoms with Crippen LogP contribution in [-0.2, 0) is 9.59 Å². The van der Waals surface area contributed by atoms with Gasteiger partial charge in [0.1, 0.15) is 0 Å². The number of allylic oxidation sites excluding steroid dienone is 1. The van der Waals surface area contributed by atoms with Gasteiger partial charge in [-0.1, -0.05) is 6.08 Å². The molecule has 0 fully saturated rings. The normalized spacial score (nSPS) is 9.83. The predicted molar refractivity (Wildman–Crippen MR) is 46.5 cm³/mol. The van der Waals surface area contributed by atoms with E-state index in [9.17, 15) is 9.59 Å². The van der Waals surface area contributed by atoms with Gasteiger partial charge in [0.15, 0.2) is 0 Å². The molecule has 0 aromatic rings. The second-order valence-corrected chi connectivity index (χ2v) is 2.27. The van der Waals surface area contributed by atoms with Crippen LogP contribution in [0, 0.1) is 0 Å². The molecule has 0 spiro atoms. The lowest BCUT2D eigenvalue weighted by Crippen LogP contribution is -2.32. The van der Waals surface area contributed by atoms with Crippen molar-refractivity contribution in [3.05, 3.63) is 12.2 Å². The van der Waals surface area contributed by atoms with E-state index in [-0.39, 0.29) is 11.8 Å². The molecule has 2 N–H and O–H groups in total. The fourth-order valence-corrected chi connectivity index (χ4v) is 0.635. The summed E-state index contributed by atoms with van der Waals surface area (Å²) in [4.78, 5) is 21.2. The molecule has 0 rings (SSSR count). The standard InChI is InChI=1S/C8H14N2O2/c1-3-4-8(12)10-6-5-9-7(2)11/h3-4H,5-6H2,1-2H3,(H,9,11)(H,10,12)/b4-3+. The Balaban J connectivity index is 3.31. The summed E-state index contributed by atoms with van der Waals surface area (Å²) < 4.78 is 0. The van der Waals surface area contributed by atoms with Crippen molar-refractivity contribution in [3.63, 3.8) is 0 Å². The molecule has 0 aliphatic carbocycles. The first kappa shape index (κ1) is 10.7. The zero-order chi connectivity index (χ0) is 9.40. The summed E-state index contributed by atoms with van der Waals surface area (Å²) in [5.41, 5.74) is 0. The summed E-state index contributed by atoms with van der Waals surface area (Å²) in [7, 11) is 0. The first-order valence-corrected chi connectivity index (χ1v) is 3.81. The number of hydrogen-bond donors (Lipinski definition) is 2. The van der Waals surface area contributed by atoms with Crippen molar-refractivity contribution in [2.24, 2.45) is 0 Å². The number of amides is 2. The van der Waals surface area contributed by atoms with Gasteiger partial charge in [-0.25, -0.2) is 0 Å². The van der Waals surface area contributed by atoms with Gasteiger partial charge in [-0.15, -0.1) is 0 Å². The van der Waals surface area contributed by atoms with Gasteiger partial charge in [-0.2, -0.15) is 0 Å². The molecule has 4 nitrogen and oxygen atoms in total. The smallest absolute Gasteiger partial charge is 0.243 e. The molecular weight excluding hydrogens is 156 g/mol. The highest BCUT2D eigenvalue weighted by atomic mass is 16.2. The minimum atomic E-state index is -0.136. The van der Waals surface area contributed by atoms with Gasteiger partial charge in [0.2, 0.25) is 11.8 Å². The molecule has 2 amide bonds. The molecule has 0 atom stereocenters. The van der Waals surface area contributed by atoms with Gasteiger partial charge < -0.3 is 10.6 Å². The third-order valence-electron chi connectivity index (χ3n) is 1.12. The summed E-state index contributed by atoms with van der Waals surface area (Å²) >= 11 is 0. The lowest BCUT2D eigenvalue weighted by molar-refractivity contribution is -0.119. The van der Waals surface area contributed by atoms with Gasteiger partial charge in [0, 0.05) is 20.0 Å². The van der Waals surface area contributed by atoms with Gasteiger partial charge in [0.25, 0.3) is 0 Å². The van der Waals surface area contributed by atoms with Crippen LogP contribution < -0.4 is 10.6 Å². The molecule has 4 heteroatoms. The van der Waals surface area contributed by atoms with Crippen LogP contribution in [0.3, 0.4) is 0 Å². The maximum Gasteiger partial charge on any atom is 0.243 e. The lowest BCUT2D eigenvalue weighted by Gasteiger charge is -2.01. The monoisotopic (exact) mass is 170 g/mol. The fourth-order valence-electron chi connectivity index (χ4n) is 0.635. The average Bonchev–Trinajstić information content (AvgIpc) is 1.98. The average molecular weight is 170 g/mol. The zero-order valence-corrected chi connectivity index (χ0v) is 7.39. The third-order valence-corrected chi connectivity index (χ3v) is 1.12. The molecular formula is C8H14N2O2. The van der Waals surface area contributed by atoms with Crippen LogP contribution >= 0.6 is 0 Å². The molecule has 0 saturated carbocycles. The van der Waals surface area contributed by atoms with E-state index in [1.165, 1.54) is 13.0 Å². The Kier molecular flexibility index (Phi) is 5.69. The molecule has 0 aromatic heterocycles. The summed E-state index contributed by atoms with van der Waals surface area (Å²) in [5, 5.41) is 5.16. The fraction of sp³-hybridized carbons (Fsp3) is 0.500. The van der Waals surface area contributed by atoms with E-state index in [0.29, 0.717) is 13.1 Å². The minimum absolute atomic E-state index is 0.0877. The molecule has 0 aromatic carbocycles. The van der Waals surface area contributed by atoms with Crippen molar-refractivity contribution in [2.45, 2.75) is 13.8 Å². The second-order valence-electron chi connectivity index (χ2n) is 2.27. The first-order valence-electron chi connectivity index (χ1n) is 3.81. The van der Waals surface area contributed by atoms with Crippen LogP contribution in [0.15, 0.2) is 12.2 Å². The largest absolute Gasteiger partial charge is 0.355 e. The van der Waals surface area contributed by atoms with Crippen LogP contribution in [0.5, 0.6) is 0 Å². The Morgan fingerprint density at radius 3 is 2.33 bits per heavy atom. The van der Waals surface area contributed by atoms with Crippen molar-refractivity contribution in [3.8, 4) is 0 Å². The maximum atomic E-state index is 10.8. The predicted octanol–water partition coefficient (Wildman–Crippen LogP) is -0.185. The molecule has 0 heterocycles. The molecule has 0 aliphatic heterocycles. The van der Waals surface area contributed by atoms with Crippen LogP contribution in [0.25, 0.3) is 0 Å². The van der Waals surface area contributed by atoms with Crippen LogP contribution in [0.2, 0.25) is 0 Å². The summed E-state index contributed by atoms with van der Waals surface area (Å²) in [6.45, 7) is 4.14. The number of nitrogens with one attached hydrogen (secondary N) is 2. The van der Waals surface area contributed by atoms with E-state index in [4.69, 9.17) is 0 Å². The topological polar surface area (TPSA) is 58.2 Å². The molecule has 0 radical (unpaired) electrons. The van der Waals surface area contributed by atoms with E-state index in [1.54, 1.807) is 13.0 Å². The summed E-state index contributed by atoms with van der Waals surface area (Å²) in [6, 6.07) is 0. The van der Waals surface area contributed by atoms with Crippen molar-refractivity contribution in [1.82, 2.24) is 10.6 Å². The Morgan fingerprint density at radius 2 is 1.83 bits per heavy atom. The Labute approximate surface area is 72.0 Å². The molecule has 0 aliphatic rings. The highest BCUT2D eigenvalue weighted by Crippen LogP contribution is 1.70. The van der Waals surface area contributed by atoms with Crippen molar-refractivity contribution < 1.29 is 9.59 Å². The second kappa shape index (κ2) is 6.39. The van der Waals surface area contributed by atoms with Crippen molar-refractivity contribution in [2.75, 3.05) is 13.1 Å². The number of carbonyl (C=O) groups excluding carboxylic acids is 2. The molecule has 0 saturated heterocycles. The summed E-state index contributed by atoms with van der Waals surface area (Å²) in [5.74, 6) is -0.224.